The SMILES string of the molecule is CCC1(C(=O)NCc2ncon2)CCNCC1. The van der Waals surface area contributed by atoms with Gasteiger partial charge in [-0.2, -0.15) is 4.98 Å². The lowest BCUT2D eigenvalue weighted by atomic mass is 9.76. The average molecular weight is 238 g/mol. The van der Waals surface area contributed by atoms with E-state index < -0.39 is 0 Å². The zero-order chi connectivity index (χ0) is 12.1. The smallest absolute Gasteiger partial charge is 0.226 e. The Hall–Kier alpha value is -1.43. The van der Waals surface area contributed by atoms with Crippen molar-refractivity contribution in [2.45, 2.75) is 32.7 Å². The summed E-state index contributed by atoms with van der Waals surface area (Å²) in [4.78, 5) is 16.1. The number of aromatic nitrogens is 2. The van der Waals surface area contributed by atoms with Crippen LogP contribution in [0.4, 0.5) is 0 Å². The summed E-state index contributed by atoms with van der Waals surface area (Å²) in [6.45, 7) is 4.22. The van der Waals surface area contributed by atoms with Gasteiger partial charge in [-0.15, -0.1) is 0 Å². The topological polar surface area (TPSA) is 80.1 Å². The van der Waals surface area contributed by atoms with Gasteiger partial charge < -0.3 is 15.2 Å². The average Bonchev–Trinajstić information content (AvgIpc) is 2.90. The summed E-state index contributed by atoms with van der Waals surface area (Å²) < 4.78 is 4.62. The number of nitrogens with zero attached hydrogens (tertiary/aromatic N) is 2. The van der Waals surface area contributed by atoms with Gasteiger partial charge in [0, 0.05) is 0 Å². The van der Waals surface area contributed by atoms with Gasteiger partial charge in [0.2, 0.25) is 12.3 Å². The van der Waals surface area contributed by atoms with Crippen molar-refractivity contribution in [1.82, 2.24) is 20.8 Å². The minimum absolute atomic E-state index is 0.103. The molecule has 2 heterocycles. The molecule has 1 amide bonds. The zero-order valence-electron chi connectivity index (χ0n) is 10.0. The van der Waals surface area contributed by atoms with Gasteiger partial charge in [-0.05, 0) is 32.4 Å². The highest BCUT2D eigenvalue weighted by atomic mass is 16.5. The van der Waals surface area contributed by atoms with Crippen LogP contribution in [0.2, 0.25) is 0 Å². The van der Waals surface area contributed by atoms with Crippen LogP contribution in [0.3, 0.4) is 0 Å². The quantitative estimate of drug-likeness (QED) is 0.797. The molecule has 1 aromatic heterocycles. The van der Waals surface area contributed by atoms with Crippen molar-refractivity contribution >= 4 is 5.91 Å². The van der Waals surface area contributed by atoms with E-state index in [9.17, 15) is 4.79 Å². The highest BCUT2D eigenvalue weighted by Crippen LogP contribution is 2.32. The van der Waals surface area contributed by atoms with Gasteiger partial charge >= 0.3 is 0 Å². The Morgan fingerprint density at radius 2 is 2.35 bits per heavy atom. The minimum atomic E-state index is -0.227. The van der Waals surface area contributed by atoms with E-state index in [1.807, 2.05) is 0 Å². The third-order valence-electron chi connectivity index (χ3n) is 3.53. The maximum atomic E-state index is 12.2. The van der Waals surface area contributed by atoms with E-state index in [-0.39, 0.29) is 11.3 Å². The first kappa shape index (κ1) is 12.0. The fourth-order valence-electron chi connectivity index (χ4n) is 2.26. The number of hydrogen-bond donors (Lipinski definition) is 2. The van der Waals surface area contributed by atoms with Crippen LogP contribution in [-0.2, 0) is 11.3 Å². The van der Waals surface area contributed by atoms with Gasteiger partial charge in [-0.1, -0.05) is 12.1 Å². The van der Waals surface area contributed by atoms with Crippen LogP contribution in [0.5, 0.6) is 0 Å². The second kappa shape index (κ2) is 5.27. The van der Waals surface area contributed by atoms with Crippen LogP contribution in [0.15, 0.2) is 10.9 Å². The Balaban J connectivity index is 1.93. The summed E-state index contributed by atoms with van der Waals surface area (Å²) in [7, 11) is 0. The van der Waals surface area contributed by atoms with Crippen LogP contribution in [0.25, 0.3) is 0 Å². The van der Waals surface area contributed by atoms with Gasteiger partial charge in [-0.25, -0.2) is 0 Å². The molecule has 1 aromatic rings. The van der Waals surface area contributed by atoms with E-state index in [1.165, 1.54) is 6.39 Å². The van der Waals surface area contributed by atoms with Crippen molar-refractivity contribution in [1.29, 1.82) is 0 Å². The maximum Gasteiger partial charge on any atom is 0.226 e. The Labute approximate surface area is 100 Å². The Morgan fingerprint density at radius 1 is 1.59 bits per heavy atom. The summed E-state index contributed by atoms with van der Waals surface area (Å²) in [5.74, 6) is 0.616. The summed E-state index contributed by atoms with van der Waals surface area (Å²) in [5.41, 5.74) is -0.227. The normalized spacial score (nSPS) is 18.9. The molecule has 0 radical (unpaired) electrons. The number of carbonyl (C=O) groups excluding carboxylic acids is 1. The molecular weight excluding hydrogens is 220 g/mol. The van der Waals surface area contributed by atoms with Crippen LogP contribution >= 0.6 is 0 Å². The standard InChI is InChI=1S/C11H18N4O2/c1-2-11(3-5-12-6-4-11)10(16)13-7-9-14-8-17-15-9/h8,12H,2-7H2,1H3,(H,13,16). The first-order valence-corrected chi connectivity index (χ1v) is 6.01. The van der Waals surface area contributed by atoms with E-state index in [0.717, 1.165) is 32.4 Å². The molecule has 0 bridgehead atoms. The predicted molar refractivity (Wildman–Crippen MR) is 61.0 cm³/mol. The van der Waals surface area contributed by atoms with Gasteiger partial charge in [0.1, 0.15) is 0 Å². The largest absolute Gasteiger partial charge is 0.348 e. The lowest BCUT2D eigenvalue weighted by molar-refractivity contribution is -0.133. The van der Waals surface area contributed by atoms with Crippen molar-refractivity contribution in [2.75, 3.05) is 13.1 Å². The van der Waals surface area contributed by atoms with Crippen molar-refractivity contribution in [2.24, 2.45) is 5.41 Å². The Bertz CT molecular complexity index is 358. The summed E-state index contributed by atoms with van der Waals surface area (Å²) in [5, 5.41) is 9.84. The number of amides is 1. The van der Waals surface area contributed by atoms with E-state index in [4.69, 9.17) is 0 Å². The lowest BCUT2D eigenvalue weighted by Gasteiger charge is -2.35. The predicted octanol–water partition coefficient (Wildman–Crippen LogP) is 0.466. The second-order valence-corrected chi connectivity index (χ2v) is 4.41. The van der Waals surface area contributed by atoms with Gasteiger partial charge in [0.25, 0.3) is 0 Å². The molecule has 0 aromatic carbocycles. The monoisotopic (exact) mass is 238 g/mol. The molecule has 2 rings (SSSR count). The van der Waals surface area contributed by atoms with Crippen LogP contribution in [0.1, 0.15) is 32.0 Å². The first-order valence-electron chi connectivity index (χ1n) is 6.01. The molecule has 1 fully saturated rings. The maximum absolute atomic E-state index is 12.2. The molecule has 0 saturated carbocycles. The number of hydrogen-bond acceptors (Lipinski definition) is 5. The van der Waals surface area contributed by atoms with Crippen molar-refractivity contribution in [3.05, 3.63) is 12.2 Å². The zero-order valence-corrected chi connectivity index (χ0v) is 10.0. The number of rotatable bonds is 4. The van der Waals surface area contributed by atoms with E-state index in [1.54, 1.807) is 0 Å². The van der Waals surface area contributed by atoms with Crippen molar-refractivity contribution < 1.29 is 9.32 Å². The van der Waals surface area contributed by atoms with Gasteiger partial charge in [0.05, 0.1) is 12.0 Å². The van der Waals surface area contributed by atoms with E-state index in [2.05, 4.69) is 32.2 Å². The van der Waals surface area contributed by atoms with E-state index in [0.29, 0.717) is 12.4 Å². The highest BCUT2D eigenvalue weighted by Gasteiger charge is 2.37. The number of carbonyl (C=O) groups is 1. The molecule has 2 N–H and O–H groups in total. The molecule has 17 heavy (non-hydrogen) atoms. The Morgan fingerprint density at radius 3 is 2.94 bits per heavy atom. The van der Waals surface area contributed by atoms with Crippen molar-refractivity contribution in [3.63, 3.8) is 0 Å². The highest BCUT2D eigenvalue weighted by molar-refractivity contribution is 5.82. The minimum Gasteiger partial charge on any atom is -0.348 e. The van der Waals surface area contributed by atoms with Gasteiger partial charge in [0.15, 0.2) is 5.82 Å². The summed E-state index contributed by atoms with van der Waals surface area (Å²) in [6.07, 6.45) is 3.91. The second-order valence-electron chi connectivity index (χ2n) is 4.41. The third-order valence-corrected chi connectivity index (χ3v) is 3.53. The third kappa shape index (κ3) is 2.63. The van der Waals surface area contributed by atoms with Crippen LogP contribution < -0.4 is 10.6 Å². The molecule has 6 heteroatoms. The fourth-order valence-corrected chi connectivity index (χ4v) is 2.26. The summed E-state index contributed by atoms with van der Waals surface area (Å²) >= 11 is 0. The van der Waals surface area contributed by atoms with Crippen LogP contribution in [0, 0.1) is 5.41 Å². The Kier molecular flexibility index (Phi) is 3.73. The molecule has 0 spiro atoms. The van der Waals surface area contributed by atoms with Crippen molar-refractivity contribution in [3.8, 4) is 0 Å². The molecule has 0 aliphatic carbocycles. The number of nitrogens with one attached hydrogen (secondary N) is 2. The number of piperidine rings is 1. The molecule has 0 unspecified atom stereocenters. The fraction of sp³-hybridized carbons (Fsp3) is 0.727. The van der Waals surface area contributed by atoms with Crippen LogP contribution in [-0.4, -0.2) is 29.1 Å². The van der Waals surface area contributed by atoms with E-state index >= 15 is 0 Å². The molecule has 6 nitrogen and oxygen atoms in total. The molecular formula is C11H18N4O2. The molecule has 94 valence electrons. The lowest BCUT2D eigenvalue weighted by Crippen LogP contribution is -2.47. The molecule has 1 saturated heterocycles. The molecule has 1 aliphatic rings. The first-order chi connectivity index (χ1) is 8.27. The molecule has 0 atom stereocenters. The molecule has 1 aliphatic heterocycles. The van der Waals surface area contributed by atoms with Gasteiger partial charge in [-0.3, -0.25) is 4.79 Å². The summed E-state index contributed by atoms with van der Waals surface area (Å²) in [6, 6.07) is 0.